The molecule has 3 rings (SSSR count). The standard InChI is InChI=1S/C21H15N5O2/c22-11-16-17(14-7-3-1-4-8-14)19(26(27)28)18(15-9-5-2-6-10-15)21(12-23,13-24)20(16)25/h1-10,17-19H,25H2/t17-,18-,19+/m1/s1. The van der Waals surface area contributed by atoms with E-state index in [-0.39, 0.29) is 11.3 Å². The third-order valence-corrected chi connectivity index (χ3v) is 5.21. The van der Waals surface area contributed by atoms with Gasteiger partial charge in [0.1, 0.15) is 0 Å². The lowest BCUT2D eigenvalue weighted by Gasteiger charge is -2.40. The molecule has 0 aliphatic heterocycles. The van der Waals surface area contributed by atoms with Gasteiger partial charge in [-0.15, -0.1) is 0 Å². The molecule has 0 saturated heterocycles. The van der Waals surface area contributed by atoms with Crippen LogP contribution < -0.4 is 5.73 Å². The maximum absolute atomic E-state index is 12.2. The molecular weight excluding hydrogens is 354 g/mol. The third kappa shape index (κ3) is 2.65. The summed E-state index contributed by atoms with van der Waals surface area (Å²) < 4.78 is 0. The summed E-state index contributed by atoms with van der Waals surface area (Å²) in [6.07, 6.45) is 0. The number of hydrogen-bond donors (Lipinski definition) is 1. The lowest BCUT2D eigenvalue weighted by atomic mass is 9.58. The first-order valence-corrected chi connectivity index (χ1v) is 8.48. The smallest absolute Gasteiger partial charge is 0.234 e. The maximum Gasteiger partial charge on any atom is 0.234 e. The summed E-state index contributed by atoms with van der Waals surface area (Å²) in [6, 6.07) is 21.2. The molecule has 2 N–H and O–H groups in total. The van der Waals surface area contributed by atoms with Gasteiger partial charge < -0.3 is 5.73 Å². The van der Waals surface area contributed by atoms with Crippen LogP contribution in [0.15, 0.2) is 71.9 Å². The zero-order valence-corrected chi connectivity index (χ0v) is 14.7. The maximum atomic E-state index is 12.2. The number of hydrogen-bond acceptors (Lipinski definition) is 6. The Morgan fingerprint density at radius 2 is 1.43 bits per heavy atom. The van der Waals surface area contributed by atoms with Crippen LogP contribution in [0.2, 0.25) is 0 Å². The Balaban J connectivity index is 2.42. The quantitative estimate of drug-likeness (QED) is 0.651. The second kappa shape index (κ2) is 7.23. The molecule has 136 valence electrons. The highest BCUT2D eigenvalue weighted by Gasteiger charge is 2.60. The van der Waals surface area contributed by atoms with Crippen molar-refractivity contribution in [2.75, 3.05) is 0 Å². The molecule has 1 aliphatic carbocycles. The largest absolute Gasteiger partial charge is 0.399 e. The Kier molecular flexibility index (Phi) is 4.81. The Morgan fingerprint density at radius 1 is 0.929 bits per heavy atom. The van der Waals surface area contributed by atoms with Gasteiger partial charge in [0.15, 0.2) is 5.41 Å². The molecule has 7 nitrogen and oxygen atoms in total. The van der Waals surface area contributed by atoms with E-state index in [4.69, 9.17) is 5.73 Å². The van der Waals surface area contributed by atoms with E-state index in [2.05, 4.69) is 0 Å². The van der Waals surface area contributed by atoms with Crippen molar-refractivity contribution in [3.8, 4) is 18.2 Å². The molecule has 28 heavy (non-hydrogen) atoms. The molecule has 0 saturated carbocycles. The molecule has 3 atom stereocenters. The second-order valence-electron chi connectivity index (χ2n) is 6.52. The molecule has 0 unspecified atom stereocenters. The number of nitro groups is 1. The van der Waals surface area contributed by atoms with Gasteiger partial charge >= 0.3 is 0 Å². The van der Waals surface area contributed by atoms with E-state index in [9.17, 15) is 25.9 Å². The van der Waals surface area contributed by atoms with Crippen LogP contribution in [-0.2, 0) is 0 Å². The first-order valence-electron chi connectivity index (χ1n) is 8.48. The van der Waals surface area contributed by atoms with Gasteiger partial charge in [-0.3, -0.25) is 10.1 Å². The number of benzene rings is 2. The van der Waals surface area contributed by atoms with E-state index in [0.29, 0.717) is 11.1 Å². The second-order valence-corrected chi connectivity index (χ2v) is 6.52. The minimum Gasteiger partial charge on any atom is -0.399 e. The minimum absolute atomic E-state index is 0.108. The molecule has 0 bridgehead atoms. The molecule has 0 heterocycles. The van der Waals surface area contributed by atoms with Crippen molar-refractivity contribution in [3.05, 3.63) is 93.2 Å². The Morgan fingerprint density at radius 3 is 1.86 bits per heavy atom. The minimum atomic E-state index is -2.02. The number of nitriles is 3. The zero-order valence-electron chi connectivity index (χ0n) is 14.7. The summed E-state index contributed by atoms with van der Waals surface area (Å²) >= 11 is 0. The molecule has 0 aromatic heterocycles. The molecule has 0 amide bonds. The van der Waals surface area contributed by atoms with E-state index in [0.717, 1.165) is 0 Å². The van der Waals surface area contributed by atoms with Crippen molar-refractivity contribution >= 4 is 0 Å². The molecule has 2 aromatic rings. The predicted molar refractivity (Wildman–Crippen MR) is 99.6 cm³/mol. The van der Waals surface area contributed by atoms with Crippen LogP contribution in [0.3, 0.4) is 0 Å². The van der Waals surface area contributed by atoms with Crippen LogP contribution in [0.1, 0.15) is 23.0 Å². The molecule has 0 fully saturated rings. The highest BCUT2D eigenvalue weighted by molar-refractivity contribution is 5.54. The predicted octanol–water partition coefficient (Wildman–Crippen LogP) is 2.98. The van der Waals surface area contributed by atoms with E-state index in [1.165, 1.54) is 0 Å². The van der Waals surface area contributed by atoms with Crippen LogP contribution in [0.4, 0.5) is 0 Å². The molecular formula is C21H15N5O2. The average molecular weight is 369 g/mol. The van der Waals surface area contributed by atoms with Crippen molar-refractivity contribution in [1.29, 1.82) is 15.8 Å². The first-order chi connectivity index (χ1) is 13.5. The van der Waals surface area contributed by atoms with Crippen LogP contribution in [-0.4, -0.2) is 11.0 Å². The van der Waals surface area contributed by atoms with E-state index < -0.39 is 28.2 Å². The molecule has 7 heteroatoms. The first kappa shape index (κ1) is 18.6. The van der Waals surface area contributed by atoms with Crippen molar-refractivity contribution in [3.63, 3.8) is 0 Å². The average Bonchev–Trinajstić information content (AvgIpc) is 2.74. The fourth-order valence-corrected chi connectivity index (χ4v) is 3.96. The van der Waals surface area contributed by atoms with Crippen LogP contribution >= 0.6 is 0 Å². The summed E-state index contributed by atoms with van der Waals surface area (Å²) in [7, 11) is 0. The molecule has 0 spiro atoms. The molecule has 0 radical (unpaired) electrons. The monoisotopic (exact) mass is 369 g/mol. The molecule has 1 aliphatic rings. The summed E-state index contributed by atoms with van der Waals surface area (Å²) in [5.74, 6) is -2.11. The Hall–Kier alpha value is -4.15. The van der Waals surface area contributed by atoms with Crippen molar-refractivity contribution in [1.82, 2.24) is 0 Å². The van der Waals surface area contributed by atoms with E-state index in [1.54, 1.807) is 60.7 Å². The van der Waals surface area contributed by atoms with Gasteiger partial charge in [0.05, 0.1) is 41.3 Å². The summed E-state index contributed by atoms with van der Waals surface area (Å²) in [5, 5.41) is 41.8. The fraction of sp³-hybridized carbons (Fsp3) is 0.190. The summed E-state index contributed by atoms with van der Waals surface area (Å²) in [5.41, 5.74) is 4.84. The van der Waals surface area contributed by atoms with Crippen LogP contribution in [0.25, 0.3) is 0 Å². The molecule has 2 aromatic carbocycles. The Labute approximate surface area is 161 Å². The number of allylic oxidation sites excluding steroid dienone is 1. The zero-order chi connectivity index (χ0) is 20.3. The van der Waals surface area contributed by atoms with Crippen LogP contribution in [0, 0.1) is 49.5 Å². The van der Waals surface area contributed by atoms with Gasteiger partial charge in [-0.25, -0.2) is 0 Å². The summed E-state index contributed by atoms with van der Waals surface area (Å²) in [6.45, 7) is 0. The lowest BCUT2D eigenvalue weighted by molar-refractivity contribution is -0.532. The normalized spacial score (nSPS) is 23.1. The number of nitrogens with zero attached hydrogens (tertiary/aromatic N) is 4. The highest BCUT2D eigenvalue weighted by atomic mass is 16.6. The highest BCUT2D eigenvalue weighted by Crippen LogP contribution is 2.53. The van der Waals surface area contributed by atoms with Gasteiger partial charge in [-0.05, 0) is 11.1 Å². The van der Waals surface area contributed by atoms with Crippen molar-refractivity contribution in [2.24, 2.45) is 11.1 Å². The van der Waals surface area contributed by atoms with E-state index >= 15 is 0 Å². The van der Waals surface area contributed by atoms with E-state index in [1.807, 2.05) is 18.2 Å². The topological polar surface area (TPSA) is 141 Å². The van der Waals surface area contributed by atoms with Crippen molar-refractivity contribution in [2.45, 2.75) is 17.9 Å². The summed E-state index contributed by atoms with van der Waals surface area (Å²) in [4.78, 5) is 11.7. The van der Waals surface area contributed by atoms with Gasteiger partial charge in [0.2, 0.25) is 6.04 Å². The Bertz CT molecular complexity index is 1040. The van der Waals surface area contributed by atoms with Gasteiger partial charge in [-0.1, -0.05) is 60.7 Å². The van der Waals surface area contributed by atoms with Crippen LogP contribution in [0.5, 0.6) is 0 Å². The van der Waals surface area contributed by atoms with Crippen molar-refractivity contribution < 1.29 is 4.92 Å². The third-order valence-electron chi connectivity index (χ3n) is 5.21. The SMILES string of the molecule is N#CC1=C(N)C(C#N)(C#N)[C@H](c2ccccc2)[C@@H]([N+](=O)[O-])[C@@H]1c1ccccc1. The van der Waals surface area contributed by atoms with Gasteiger partial charge in [0.25, 0.3) is 0 Å². The van der Waals surface area contributed by atoms with Gasteiger partial charge in [0, 0.05) is 4.92 Å². The number of rotatable bonds is 3. The fourth-order valence-electron chi connectivity index (χ4n) is 3.96. The lowest BCUT2D eigenvalue weighted by Crippen LogP contribution is -2.50. The number of nitrogens with two attached hydrogens (primary N) is 1. The van der Waals surface area contributed by atoms with Gasteiger partial charge in [-0.2, -0.15) is 15.8 Å².